The van der Waals surface area contributed by atoms with E-state index in [1.54, 1.807) is 4.90 Å². The van der Waals surface area contributed by atoms with Crippen LogP contribution in [0.4, 0.5) is 13.6 Å². The molecule has 1 atom stereocenters. The SMILES string of the molecule is COc1cc(F)c(CC2CCCN(C(=O)OC(C)(C)C)CC2)c(F)c1. The summed E-state index contributed by atoms with van der Waals surface area (Å²) in [6, 6.07) is 2.42. The summed E-state index contributed by atoms with van der Waals surface area (Å²) in [6.07, 6.45) is 2.32. The Morgan fingerprint density at radius 2 is 1.84 bits per heavy atom. The minimum absolute atomic E-state index is 0.0940. The molecule has 1 heterocycles. The van der Waals surface area contributed by atoms with Gasteiger partial charge in [0.25, 0.3) is 0 Å². The van der Waals surface area contributed by atoms with Crippen LogP contribution in [-0.2, 0) is 11.2 Å². The highest BCUT2D eigenvalue weighted by atomic mass is 19.1. The lowest BCUT2D eigenvalue weighted by Gasteiger charge is -2.26. The van der Waals surface area contributed by atoms with Crippen LogP contribution in [0.5, 0.6) is 5.75 Å². The lowest BCUT2D eigenvalue weighted by Crippen LogP contribution is -2.37. The largest absolute Gasteiger partial charge is 0.497 e. The minimum Gasteiger partial charge on any atom is -0.497 e. The number of halogens is 2. The van der Waals surface area contributed by atoms with Gasteiger partial charge in [-0.05, 0) is 52.4 Å². The highest BCUT2D eigenvalue weighted by Crippen LogP contribution is 2.27. The van der Waals surface area contributed by atoms with Gasteiger partial charge in [0.15, 0.2) is 0 Å². The van der Waals surface area contributed by atoms with Crippen molar-refractivity contribution in [1.82, 2.24) is 4.90 Å². The second-order valence-electron chi connectivity index (χ2n) is 7.54. The maximum absolute atomic E-state index is 14.1. The molecule has 0 aromatic heterocycles. The van der Waals surface area contributed by atoms with Crippen molar-refractivity contribution >= 4 is 6.09 Å². The second kappa shape index (κ2) is 8.02. The van der Waals surface area contributed by atoms with Crippen LogP contribution in [0.25, 0.3) is 0 Å². The van der Waals surface area contributed by atoms with Crippen LogP contribution in [0.1, 0.15) is 45.6 Å². The van der Waals surface area contributed by atoms with E-state index in [2.05, 4.69) is 0 Å². The van der Waals surface area contributed by atoms with E-state index >= 15 is 0 Å². The van der Waals surface area contributed by atoms with E-state index in [1.165, 1.54) is 19.2 Å². The highest BCUT2D eigenvalue weighted by Gasteiger charge is 2.26. The van der Waals surface area contributed by atoms with Crippen LogP contribution >= 0.6 is 0 Å². The van der Waals surface area contributed by atoms with Crippen molar-refractivity contribution in [3.63, 3.8) is 0 Å². The van der Waals surface area contributed by atoms with Crippen molar-refractivity contribution < 1.29 is 23.0 Å². The Morgan fingerprint density at radius 1 is 1.20 bits per heavy atom. The Labute approximate surface area is 148 Å². The van der Waals surface area contributed by atoms with E-state index in [-0.39, 0.29) is 23.3 Å². The van der Waals surface area contributed by atoms with Crippen LogP contribution in [0, 0.1) is 17.6 Å². The number of nitrogens with zero attached hydrogens (tertiary/aromatic N) is 1. The van der Waals surface area contributed by atoms with Crippen molar-refractivity contribution in [3.8, 4) is 5.75 Å². The standard InChI is InChI=1S/C19H27F2NO3/c1-19(2,3)25-18(23)22-8-5-6-13(7-9-22)10-15-16(20)11-14(24-4)12-17(15)21/h11-13H,5-10H2,1-4H3. The molecular formula is C19H27F2NO3. The number of benzene rings is 1. The van der Waals surface area contributed by atoms with Gasteiger partial charge in [0.05, 0.1) is 7.11 Å². The smallest absolute Gasteiger partial charge is 0.410 e. The fraction of sp³-hybridized carbons (Fsp3) is 0.632. The van der Waals surface area contributed by atoms with Gasteiger partial charge in [-0.3, -0.25) is 0 Å². The van der Waals surface area contributed by atoms with Gasteiger partial charge in [0.2, 0.25) is 0 Å². The van der Waals surface area contributed by atoms with E-state index in [1.807, 2.05) is 20.8 Å². The fourth-order valence-corrected chi connectivity index (χ4v) is 3.06. The van der Waals surface area contributed by atoms with Gasteiger partial charge in [-0.25, -0.2) is 13.6 Å². The first-order valence-corrected chi connectivity index (χ1v) is 8.69. The first-order valence-electron chi connectivity index (χ1n) is 8.69. The lowest BCUT2D eigenvalue weighted by atomic mass is 9.92. The van der Waals surface area contributed by atoms with Gasteiger partial charge in [0.1, 0.15) is 23.0 Å². The molecule has 0 spiro atoms. The number of carbonyl (C=O) groups excluding carboxylic acids is 1. The molecular weight excluding hydrogens is 328 g/mol. The molecule has 0 saturated carbocycles. The highest BCUT2D eigenvalue weighted by molar-refractivity contribution is 5.68. The van der Waals surface area contributed by atoms with Crippen LogP contribution < -0.4 is 4.74 Å². The zero-order valence-electron chi connectivity index (χ0n) is 15.4. The minimum atomic E-state index is -0.579. The molecule has 140 valence electrons. The number of amides is 1. The zero-order valence-corrected chi connectivity index (χ0v) is 15.4. The molecule has 1 aromatic rings. The molecule has 1 saturated heterocycles. The quantitative estimate of drug-likeness (QED) is 0.798. The molecule has 0 N–H and O–H groups in total. The molecule has 1 fully saturated rings. The normalized spacial score (nSPS) is 18.6. The first-order chi connectivity index (χ1) is 11.7. The average molecular weight is 355 g/mol. The van der Waals surface area contributed by atoms with Gasteiger partial charge in [-0.15, -0.1) is 0 Å². The summed E-state index contributed by atoms with van der Waals surface area (Å²) in [5.41, 5.74) is -0.436. The van der Waals surface area contributed by atoms with Gasteiger partial charge in [-0.1, -0.05) is 0 Å². The summed E-state index contributed by atoms with van der Waals surface area (Å²) >= 11 is 0. The van der Waals surface area contributed by atoms with E-state index < -0.39 is 17.2 Å². The summed E-state index contributed by atoms with van der Waals surface area (Å²) in [5, 5.41) is 0. The van der Waals surface area contributed by atoms with E-state index in [0.717, 1.165) is 12.8 Å². The van der Waals surface area contributed by atoms with Crippen molar-refractivity contribution in [2.24, 2.45) is 5.92 Å². The van der Waals surface area contributed by atoms with Crippen LogP contribution in [-0.4, -0.2) is 36.8 Å². The van der Waals surface area contributed by atoms with Crippen LogP contribution in [0.3, 0.4) is 0 Å². The van der Waals surface area contributed by atoms with E-state index in [0.29, 0.717) is 25.9 Å². The third-order valence-electron chi connectivity index (χ3n) is 4.34. The number of hydrogen-bond donors (Lipinski definition) is 0. The number of hydrogen-bond acceptors (Lipinski definition) is 3. The van der Waals surface area contributed by atoms with Crippen molar-refractivity contribution in [2.45, 2.75) is 52.1 Å². The number of methoxy groups -OCH3 is 1. The fourth-order valence-electron chi connectivity index (χ4n) is 3.06. The second-order valence-corrected chi connectivity index (χ2v) is 7.54. The third-order valence-corrected chi connectivity index (χ3v) is 4.34. The molecule has 1 aliphatic rings. The molecule has 0 bridgehead atoms. The van der Waals surface area contributed by atoms with Crippen molar-refractivity contribution in [1.29, 1.82) is 0 Å². The maximum Gasteiger partial charge on any atom is 0.410 e. The van der Waals surface area contributed by atoms with Gasteiger partial charge >= 0.3 is 6.09 Å². The monoisotopic (exact) mass is 355 g/mol. The number of likely N-dealkylation sites (tertiary alicyclic amines) is 1. The molecule has 0 aliphatic carbocycles. The Bertz CT molecular complexity index is 590. The van der Waals surface area contributed by atoms with Gasteiger partial charge < -0.3 is 14.4 Å². The van der Waals surface area contributed by atoms with Crippen LogP contribution in [0.15, 0.2) is 12.1 Å². The molecule has 4 nitrogen and oxygen atoms in total. The zero-order chi connectivity index (χ0) is 18.6. The molecule has 0 radical (unpaired) electrons. The summed E-state index contributed by atoms with van der Waals surface area (Å²) in [5.74, 6) is -0.851. The Morgan fingerprint density at radius 3 is 2.40 bits per heavy atom. The predicted octanol–water partition coefficient (Wildman–Crippen LogP) is 4.55. The number of ether oxygens (including phenoxy) is 2. The van der Waals surface area contributed by atoms with Crippen molar-refractivity contribution in [3.05, 3.63) is 29.3 Å². The molecule has 6 heteroatoms. The topological polar surface area (TPSA) is 38.8 Å². The van der Waals surface area contributed by atoms with Gasteiger partial charge in [-0.2, -0.15) is 0 Å². The maximum atomic E-state index is 14.1. The Hall–Kier alpha value is -1.85. The lowest BCUT2D eigenvalue weighted by molar-refractivity contribution is 0.0255. The summed E-state index contributed by atoms with van der Waals surface area (Å²) in [6.45, 7) is 6.65. The molecule has 2 rings (SSSR count). The molecule has 1 aliphatic heterocycles. The Kier molecular flexibility index (Phi) is 6.25. The van der Waals surface area contributed by atoms with E-state index in [9.17, 15) is 13.6 Å². The molecule has 1 aromatic carbocycles. The van der Waals surface area contributed by atoms with E-state index in [4.69, 9.17) is 9.47 Å². The molecule has 1 amide bonds. The van der Waals surface area contributed by atoms with Gasteiger partial charge in [0, 0.05) is 30.8 Å². The summed E-state index contributed by atoms with van der Waals surface area (Å²) in [4.78, 5) is 13.9. The molecule has 1 unspecified atom stereocenters. The number of rotatable bonds is 3. The first kappa shape index (κ1) is 19.5. The van der Waals surface area contributed by atoms with Crippen LogP contribution in [0.2, 0.25) is 0 Å². The third kappa shape index (κ3) is 5.58. The summed E-state index contributed by atoms with van der Waals surface area (Å²) < 4.78 is 38.6. The average Bonchev–Trinajstić information content (AvgIpc) is 2.74. The predicted molar refractivity (Wildman–Crippen MR) is 91.8 cm³/mol. The molecule has 25 heavy (non-hydrogen) atoms. The number of carbonyl (C=O) groups is 1. The summed E-state index contributed by atoms with van der Waals surface area (Å²) in [7, 11) is 1.38. The Balaban J connectivity index is 1.99. The van der Waals surface area contributed by atoms with Crippen molar-refractivity contribution in [2.75, 3.05) is 20.2 Å².